The van der Waals surface area contributed by atoms with Crippen LogP contribution in [0.2, 0.25) is 0 Å². The molecule has 0 atom stereocenters. The van der Waals surface area contributed by atoms with Crippen molar-refractivity contribution in [2.75, 3.05) is 12.3 Å². The molecule has 2 aromatic rings. The Balaban J connectivity index is 1.86. The average molecular weight is 219 g/mol. The number of benzene rings is 1. The Kier molecular flexibility index (Phi) is 3.25. The van der Waals surface area contributed by atoms with Crippen LogP contribution >= 0.6 is 11.3 Å². The number of nitrogen functional groups attached to an aromatic ring is 1. The van der Waals surface area contributed by atoms with Crippen LogP contribution in [-0.4, -0.2) is 6.61 Å². The Labute approximate surface area is 93.3 Å². The first-order valence-electron chi connectivity index (χ1n) is 4.84. The molecule has 0 aliphatic rings. The zero-order valence-corrected chi connectivity index (χ0v) is 9.17. The van der Waals surface area contributed by atoms with Crippen molar-refractivity contribution in [3.8, 4) is 5.75 Å². The second-order valence-electron chi connectivity index (χ2n) is 3.27. The predicted octanol–water partition coefficient (Wildman–Crippen LogP) is 2.95. The van der Waals surface area contributed by atoms with E-state index in [1.807, 2.05) is 24.3 Å². The second-order valence-corrected chi connectivity index (χ2v) is 4.05. The maximum Gasteiger partial charge on any atom is 0.142 e. The van der Waals surface area contributed by atoms with Gasteiger partial charge in [0.15, 0.2) is 0 Å². The molecule has 0 radical (unpaired) electrons. The lowest BCUT2D eigenvalue weighted by Crippen LogP contribution is -2.02. The summed E-state index contributed by atoms with van der Waals surface area (Å²) < 4.78 is 5.59. The van der Waals surface area contributed by atoms with Gasteiger partial charge in [0.05, 0.1) is 12.3 Å². The van der Waals surface area contributed by atoms with Gasteiger partial charge in [0, 0.05) is 6.42 Å². The number of hydrogen-bond donors (Lipinski definition) is 1. The van der Waals surface area contributed by atoms with Gasteiger partial charge < -0.3 is 10.5 Å². The van der Waals surface area contributed by atoms with Crippen molar-refractivity contribution in [1.29, 1.82) is 0 Å². The minimum absolute atomic E-state index is 0.672. The molecule has 0 aliphatic carbocycles. The molecule has 2 N–H and O–H groups in total. The van der Waals surface area contributed by atoms with E-state index in [1.165, 1.54) is 5.56 Å². The molecular formula is C12H13NOS. The zero-order valence-electron chi connectivity index (χ0n) is 8.35. The Bertz CT molecular complexity index is 411. The summed E-state index contributed by atoms with van der Waals surface area (Å²) >= 11 is 1.71. The molecule has 1 heterocycles. The Morgan fingerprint density at radius 2 is 2.07 bits per heavy atom. The largest absolute Gasteiger partial charge is 0.491 e. The standard InChI is InChI=1S/C12H13NOS/c13-11-3-1-2-4-12(11)14-7-5-10-6-8-15-9-10/h1-4,6,8-9H,5,7,13H2. The van der Waals surface area contributed by atoms with Gasteiger partial charge in [-0.1, -0.05) is 12.1 Å². The second kappa shape index (κ2) is 4.84. The van der Waals surface area contributed by atoms with Gasteiger partial charge >= 0.3 is 0 Å². The fourth-order valence-electron chi connectivity index (χ4n) is 1.33. The zero-order chi connectivity index (χ0) is 10.5. The summed E-state index contributed by atoms with van der Waals surface area (Å²) in [5.41, 5.74) is 7.77. The molecule has 0 unspecified atom stereocenters. The van der Waals surface area contributed by atoms with Crippen molar-refractivity contribution >= 4 is 17.0 Å². The van der Waals surface area contributed by atoms with Gasteiger partial charge in [0.25, 0.3) is 0 Å². The fourth-order valence-corrected chi connectivity index (χ4v) is 2.03. The summed E-state index contributed by atoms with van der Waals surface area (Å²) in [5, 5.41) is 4.21. The van der Waals surface area contributed by atoms with Gasteiger partial charge in [-0.15, -0.1) is 0 Å². The highest BCUT2D eigenvalue weighted by molar-refractivity contribution is 7.07. The number of ether oxygens (including phenoxy) is 1. The van der Waals surface area contributed by atoms with E-state index in [1.54, 1.807) is 11.3 Å². The molecule has 3 heteroatoms. The van der Waals surface area contributed by atoms with E-state index < -0.39 is 0 Å². The van der Waals surface area contributed by atoms with Crippen molar-refractivity contribution in [3.05, 3.63) is 46.7 Å². The predicted molar refractivity (Wildman–Crippen MR) is 64.4 cm³/mol. The third-order valence-corrected chi connectivity index (χ3v) is 2.88. The fraction of sp³-hybridized carbons (Fsp3) is 0.167. The summed E-state index contributed by atoms with van der Waals surface area (Å²) in [7, 11) is 0. The molecule has 0 aliphatic heterocycles. The van der Waals surface area contributed by atoms with Crippen LogP contribution in [0.15, 0.2) is 41.1 Å². The minimum Gasteiger partial charge on any atom is -0.491 e. The van der Waals surface area contributed by atoms with Gasteiger partial charge in [0.1, 0.15) is 5.75 Å². The van der Waals surface area contributed by atoms with Crippen molar-refractivity contribution in [3.63, 3.8) is 0 Å². The van der Waals surface area contributed by atoms with Crippen molar-refractivity contribution < 1.29 is 4.74 Å². The average Bonchev–Trinajstić information content (AvgIpc) is 2.74. The highest BCUT2D eigenvalue weighted by atomic mass is 32.1. The van der Waals surface area contributed by atoms with E-state index in [4.69, 9.17) is 10.5 Å². The van der Waals surface area contributed by atoms with Gasteiger partial charge in [0.2, 0.25) is 0 Å². The SMILES string of the molecule is Nc1ccccc1OCCc1ccsc1. The van der Waals surface area contributed by atoms with Crippen molar-refractivity contribution in [2.24, 2.45) is 0 Å². The van der Waals surface area contributed by atoms with Crippen LogP contribution in [0.1, 0.15) is 5.56 Å². The molecule has 2 rings (SSSR count). The molecule has 0 fully saturated rings. The van der Waals surface area contributed by atoms with Crippen LogP contribution < -0.4 is 10.5 Å². The molecule has 2 nitrogen and oxygen atoms in total. The lowest BCUT2D eigenvalue weighted by Gasteiger charge is -2.07. The topological polar surface area (TPSA) is 35.2 Å². The van der Waals surface area contributed by atoms with Gasteiger partial charge in [-0.3, -0.25) is 0 Å². The van der Waals surface area contributed by atoms with E-state index >= 15 is 0 Å². The first-order valence-corrected chi connectivity index (χ1v) is 5.79. The van der Waals surface area contributed by atoms with Gasteiger partial charge in [-0.25, -0.2) is 0 Å². The summed E-state index contributed by atoms with van der Waals surface area (Å²) in [4.78, 5) is 0. The van der Waals surface area contributed by atoms with Crippen molar-refractivity contribution in [2.45, 2.75) is 6.42 Å². The minimum atomic E-state index is 0.672. The molecule has 0 saturated heterocycles. The Morgan fingerprint density at radius 1 is 1.20 bits per heavy atom. The normalized spacial score (nSPS) is 10.1. The van der Waals surface area contributed by atoms with Crippen LogP contribution in [-0.2, 0) is 6.42 Å². The van der Waals surface area contributed by atoms with Crippen LogP contribution in [0.5, 0.6) is 5.75 Å². The highest BCUT2D eigenvalue weighted by Gasteiger charge is 1.98. The number of hydrogen-bond acceptors (Lipinski definition) is 3. The molecule has 1 aromatic carbocycles. The molecule has 78 valence electrons. The summed E-state index contributed by atoms with van der Waals surface area (Å²) in [6.45, 7) is 0.672. The molecule has 1 aromatic heterocycles. The van der Waals surface area contributed by atoms with Crippen LogP contribution in [0, 0.1) is 0 Å². The first kappa shape index (κ1) is 10.1. The lowest BCUT2D eigenvalue weighted by molar-refractivity contribution is 0.324. The van der Waals surface area contributed by atoms with Gasteiger partial charge in [-0.05, 0) is 34.5 Å². The smallest absolute Gasteiger partial charge is 0.142 e. The summed E-state index contributed by atoms with van der Waals surface area (Å²) in [5.74, 6) is 0.771. The van der Waals surface area contributed by atoms with E-state index in [0.717, 1.165) is 12.2 Å². The maximum absolute atomic E-state index is 5.76. The number of thiophene rings is 1. The molecule has 15 heavy (non-hydrogen) atoms. The quantitative estimate of drug-likeness (QED) is 0.802. The molecular weight excluding hydrogens is 206 g/mol. The van der Waals surface area contributed by atoms with E-state index in [-0.39, 0.29) is 0 Å². The van der Waals surface area contributed by atoms with E-state index in [2.05, 4.69) is 16.8 Å². The Hall–Kier alpha value is -1.48. The summed E-state index contributed by atoms with van der Waals surface area (Å²) in [6, 6.07) is 9.68. The molecule has 0 saturated carbocycles. The molecule has 0 bridgehead atoms. The van der Waals surface area contributed by atoms with Crippen LogP contribution in [0.4, 0.5) is 5.69 Å². The summed E-state index contributed by atoms with van der Waals surface area (Å²) in [6.07, 6.45) is 0.928. The first-order chi connectivity index (χ1) is 7.36. The van der Waals surface area contributed by atoms with Crippen LogP contribution in [0.25, 0.3) is 0 Å². The van der Waals surface area contributed by atoms with Gasteiger partial charge in [-0.2, -0.15) is 11.3 Å². The molecule has 0 amide bonds. The monoisotopic (exact) mass is 219 g/mol. The van der Waals surface area contributed by atoms with E-state index in [0.29, 0.717) is 12.3 Å². The Morgan fingerprint density at radius 3 is 2.80 bits per heavy atom. The number of anilines is 1. The number of nitrogens with two attached hydrogens (primary N) is 1. The van der Waals surface area contributed by atoms with Crippen LogP contribution in [0.3, 0.4) is 0 Å². The maximum atomic E-state index is 5.76. The third kappa shape index (κ3) is 2.73. The number of rotatable bonds is 4. The number of para-hydroxylation sites is 2. The van der Waals surface area contributed by atoms with Crippen molar-refractivity contribution in [1.82, 2.24) is 0 Å². The highest BCUT2D eigenvalue weighted by Crippen LogP contribution is 2.19. The third-order valence-electron chi connectivity index (χ3n) is 2.15. The lowest BCUT2D eigenvalue weighted by atomic mass is 10.2. The van der Waals surface area contributed by atoms with E-state index in [9.17, 15) is 0 Å². The molecule has 0 spiro atoms.